The van der Waals surface area contributed by atoms with Gasteiger partial charge in [0.1, 0.15) is 0 Å². The highest BCUT2D eigenvalue weighted by Crippen LogP contribution is 2.16. The van der Waals surface area contributed by atoms with Gasteiger partial charge in [-0.15, -0.1) is 0 Å². The lowest BCUT2D eigenvalue weighted by atomic mass is 10.1. The van der Waals surface area contributed by atoms with E-state index < -0.39 is 0 Å². The van der Waals surface area contributed by atoms with Crippen LogP contribution in [0.4, 0.5) is 5.69 Å². The van der Waals surface area contributed by atoms with Crippen molar-refractivity contribution < 1.29 is 4.79 Å². The summed E-state index contributed by atoms with van der Waals surface area (Å²) in [7, 11) is 0. The lowest BCUT2D eigenvalue weighted by Crippen LogP contribution is -2.51. The van der Waals surface area contributed by atoms with Gasteiger partial charge in [-0.05, 0) is 38.0 Å². The molecule has 19 heavy (non-hydrogen) atoms. The van der Waals surface area contributed by atoms with Gasteiger partial charge in [-0.3, -0.25) is 9.69 Å². The number of benzene rings is 1. The fourth-order valence-electron chi connectivity index (χ4n) is 2.42. The maximum atomic E-state index is 12.1. The zero-order valence-corrected chi connectivity index (χ0v) is 12.0. The molecule has 1 aromatic carbocycles. The fourth-order valence-corrected chi connectivity index (χ4v) is 2.42. The number of nitrogens with one attached hydrogen (secondary N) is 2. The average molecular weight is 261 g/mol. The SMILES string of the molecule is Cc1ccc(C)c(NC(=O)CN2CCN[C@@H](C)C2)c1. The number of anilines is 1. The Morgan fingerprint density at radius 2 is 2.26 bits per heavy atom. The largest absolute Gasteiger partial charge is 0.325 e. The van der Waals surface area contributed by atoms with Gasteiger partial charge in [-0.25, -0.2) is 0 Å². The molecule has 4 nitrogen and oxygen atoms in total. The van der Waals surface area contributed by atoms with Crippen LogP contribution < -0.4 is 10.6 Å². The zero-order chi connectivity index (χ0) is 13.8. The molecule has 104 valence electrons. The van der Waals surface area contributed by atoms with Crippen LogP contribution in [0.5, 0.6) is 0 Å². The van der Waals surface area contributed by atoms with E-state index in [2.05, 4.69) is 28.5 Å². The lowest BCUT2D eigenvalue weighted by molar-refractivity contribution is -0.117. The standard InChI is InChI=1S/C15H23N3O/c1-11-4-5-12(2)14(8-11)17-15(19)10-18-7-6-16-13(3)9-18/h4-5,8,13,16H,6-7,9-10H2,1-3H3,(H,17,19)/t13-/m0/s1. The summed E-state index contributed by atoms with van der Waals surface area (Å²) in [4.78, 5) is 14.3. The third-order valence-electron chi connectivity index (χ3n) is 3.49. The molecular weight excluding hydrogens is 238 g/mol. The van der Waals surface area contributed by atoms with E-state index >= 15 is 0 Å². The van der Waals surface area contributed by atoms with E-state index in [0.29, 0.717) is 12.6 Å². The molecule has 1 aliphatic rings. The zero-order valence-electron chi connectivity index (χ0n) is 12.0. The topological polar surface area (TPSA) is 44.4 Å². The average Bonchev–Trinajstić information content (AvgIpc) is 2.34. The summed E-state index contributed by atoms with van der Waals surface area (Å²) in [6.45, 7) is 9.49. The van der Waals surface area contributed by atoms with Gasteiger partial charge in [0, 0.05) is 31.4 Å². The Hall–Kier alpha value is -1.39. The van der Waals surface area contributed by atoms with E-state index in [1.807, 2.05) is 26.0 Å². The summed E-state index contributed by atoms with van der Waals surface area (Å²) < 4.78 is 0. The Kier molecular flexibility index (Phi) is 4.56. The summed E-state index contributed by atoms with van der Waals surface area (Å²) in [5, 5.41) is 6.39. The second kappa shape index (κ2) is 6.17. The number of aryl methyl sites for hydroxylation is 2. The van der Waals surface area contributed by atoms with Crippen molar-refractivity contribution in [1.82, 2.24) is 10.2 Å². The van der Waals surface area contributed by atoms with Crippen molar-refractivity contribution in [2.45, 2.75) is 26.8 Å². The number of nitrogens with zero attached hydrogens (tertiary/aromatic N) is 1. The maximum Gasteiger partial charge on any atom is 0.238 e. The summed E-state index contributed by atoms with van der Waals surface area (Å²) in [5.41, 5.74) is 3.19. The monoisotopic (exact) mass is 261 g/mol. The molecular formula is C15H23N3O. The molecule has 1 saturated heterocycles. The molecule has 1 fully saturated rings. The van der Waals surface area contributed by atoms with Crippen LogP contribution in [0.3, 0.4) is 0 Å². The number of piperazine rings is 1. The molecule has 0 aromatic heterocycles. The third-order valence-corrected chi connectivity index (χ3v) is 3.49. The van der Waals surface area contributed by atoms with E-state index in [1.165, 1.54) is 0 Å². The first kappa shape index (κ1) is 14.0. The van der Waals surface area contributed by atoms with Crippen LogP contribution in [0.2, 0.25) is 0 Å². The van der Waals surface area contributed by atoms with Crippen LogP contribution in [0, 0.1) is 13.8 Å². The van der Waals surface area contributed by atoms with Crippen molar-refractivity contribution in [3.05, 3.63) is 29.3 Å². The first-order chi connectivity index (χ1) is 9.04. The molecule has 1 aromatic rings. The maximum absolute atomic E-state index is 12.1. The van der Waals surface area contributed by atoms with Crippen molar-refractivity contribution in [1.29, 1.82) is 0 Å². The Labute approximate surface area is 115 Å². The minimum atomic E-state index is 0.0720. The van der Waals surface area contributed by atoms with E-state index in [0.717, 1.165) is 36.4 Å². The first-order valence-electron chi connectivity index (χ1n) is 6.87. The van der Waals surface area contributed by atoms with E-state index in [9.17, 15) is 4.79 Å². The molecule has 1 heterocycles. The highest BCUT2D eigenvalue weighted by molar-refractivity contribution is 5.93. The van der Waals surface area contributed by atoms with Crippen molar-refractivity contribution >= 4 is 11.6 Å². The van der Waals surface area contributed by atoms with Gasteiger partial charge >= 0.3 is 0 Å². The minimum absolute atomic E-state index is 0.0720. The number of carbonyl (C=O) groups excluding carboxylic acids is 1. The predicted molar refractivity (Wildman–Crippen MR) is 78.5 cm³/mol. The quantitative estimate of drug-likeness (QED) is 0.867. The molecule has 2 N–H and O–H groups in total. The number of hydrogen-bond acceptors (Lipinski definition) is 3. The normalized spacial score (nSPS) is 20.3. The van der Waals surface area contributed by atoms with Gasteiger partial charge in [-0.1, -0.05) is 12.1 Å². The van der Waals surface area contributed by atoms with Crippen LogP contribution in [0.15, 0.2) is 18.2 Å². The molecule has 0 saturated carbocycles. The van der Waals surface area contributed by atoms with Gasteiger partial charge in [-0.2, -0.15) is 0 Å². The van der Waals surface area contributed by atoms with Crippen molar-refractivity contribution in [3.63, 3.8) is 0 Å². The third kappa shape index (κ3) is 4.04. The number of rotatable bonds is 3. The summed E-state index contributed by atoms with van der Waals surface area (Å²) in [5.74, 6) is 0.0720. The van der Waals surface area contributed by atoms with Crippen LogP contribution in [-0.2, 0) is 4.79 Å². The van der Waals surface area contributed by atoms with Crippen molar-refractivity contribution in [2.75, 3.05) is 31.5 Å². The van der Waals surface area contributed by atoms with Crippen LogP contribution in [0.25, 0.3) is 0 Å². The lowest BCUT2D eigenvalue weighted by Gasteiger charge is -2.31. The second-order valence-corrected chi connectivity index (χ2v) is 5.46. The fraction of sp³-hybridized carbons (Fsp3) is 0.533. The van der Waals surface area contributed by atoms with Crippen LogP contribution >= 0.6 is 0 Å². The Morgan fingerprint density at radius 3 is 3.00 bits per heavy atom. The van der Waals surface area contributed by atoms with Gasteiger partial charge in [0.05, 0.1) is 6.54 Å². The Bertz CT molecular complexity index is 459. The summed E-state index contributed by atoms with van der Waals surface area (Å²) in [6, 6.07) is 6.58. The smallest absolute Gasteiger partial charge is 0.238 e. The van der Waals surface area contributed by atoms with Crippen molar-refractivity contribution in [2.24, 2.45) is 0 Å². The molecule has 2 rings (SSSR count). The van der Waals surface area contributed by atoms with Gasteiger partial charge in [0.15, 0.2) is 0 Å². The molecule has 0 spiro atoms. The van der Waals surface area contributed by atoms with E-state index in [4.69, 9.17) is 0 Å². The second-order valence-electron chi connectivity index (χ2n) is 5.46. The Morgan fingerprint density at radius 1 is 1.47 bits per heavy atom. The summed E-state index contributed by atoms with van der Waals surface area (Å²) >= 11 is 0. The highest BCUT2D eigenvalue weighted by Gasteiger charge is 2.18. The number of hydrogen-bond donors (Lipinski definition) is 2. The van der Waals surface area contributed by atoms with E-state index in [1.54, 1.807) is 0 Å². The molecule has 1 amide bonds. The minimum Gasteiger partial charge on any atom is -0.325 e. The molecule has 0 radical (unpaired) electrons. The van der Waals surface area contributed by atoms with Crippen LogP contribution in [-0.4, -0.2) is 43.0 Å². The van der Waals surface area contributed by atoms with Crippen LogP contribution in [0.1, 0.15) is 18.1 Å². The van der Waals surface area contributed by atoms with Crippen molar-refractivity contribution in [3.8, 4) is 0 Å². The van der Waals surface area contributed by atoms with E-state index in [-0.39, 0.29) is 5.91 Å². The molecule has 1 aliphatic heterocycles. The number of amides is 1. The highest BCUT2D eigenvalue weighted by atomic mass is 16.2. The molecule has 0 aliphatic carbocycles. The molecule has 1 atom stereocenters. The molecule has 4 heteroatoms. The first-order valence-corrected chi connectivity index (χ1v) is 6.87. The van der Waals surface area contributed by atoms with Gasteiger partial charge in [0.2, 0.25) is 5.91 Å². The van der Waals surface area contributed by atoms with Gasteiger partial charge < -0.3 is 10.6 Å². The summed E-state index contributed by atoms with van der Waals surface area (Å²) in [6.07, 6.45) is 0. The molecule has 0 bridgehead atoms. The number of carbonyl (C=O) groups is 1. The Balaban J connectivity index is 1.92. The predicted octanol–water partition coefficient (Wildman–Crippen LogP) is 1.54. The molecule has 0 unspecified atom stereocenters. The van der Waals surface area contributed by atoms with Gasteiger partial charge in [0.25, 0.3) is 0 Å².